The minimum absolute atomic E-state index is 0.459. The van der Waals surface area contributed by atoms with Crippen LogP contribution < -0.4 is 4.74 Å². The summed E-state index contributed by atoms with van der Waals surface area (Å²) in [5.74, 6) is 0.761. The van der Waals surface area contributed by atoms with Crippen LogP contribution in [0.5, 0.6) is 5.75 Å². The lowest BCUT2D eigenvalue weighted by atomic mass is 10.1. The topological polar surface area (TPSA) is 39.9 Å². The zero-order valence-corrected chi connectivity index (χ0v) is 17.0. The molecule has 0 aliphatic heterocycles. The Labute approximate surface area is 169 Å². The summed E-state index contributed by atoms with van der Waals surface area (Å²) in [5.41, 5.74) is 7.14. The van der Waals surface area contributed by atoms with Gasteiger partial charge >= 0.3 is 0 Å². The summed E-state index contributed by atoms with van der Waals surface area (Å²) in [4.78, 5) is 9.28. The molecule has 0 N–H and O–H groups in total. The van der Waals surface area contributed by atoms with Crippen LogP contribution in [-0.2, 0) is 13.2 Å². The van der Waals surface area contributed by atoms with E-state index in [1.54, 1.807) is 0 Å². The molecule has 4 aromatic rings. The summed E-state index contributed by atoms with van der Waals surface area (Å²) in [6.45, 7) is 7.12. The molecule has 0 aliphatic rings. The van der Waals surface area contributed by atoms with E-state index in [-0.39, 0.29) is 0 Å². The molecule has 28 heavy (non-hydrogen) atoms. The van der Waals surface area contributed by atoms with Gasteiger partial charge in [-0.3, -0.25) is 4.98 Å². The quantitative estimate of drug-likeness (QED) is 0.442. The van der Waals surface area contributed by atoms with Crippen molar-refractivity contribution in [1.29, 1.82) is 0 Å². The van der Waals surface area contributed by atoms with Gasteiger partial charge in [0.05, 0.1) is 17.6 Å². The second-order valence-corrected chi connectivity index (χ2v) is 7.43. The van der Waals surface area contributed by atoms with E-state index >= 15 is 0 Å². The Bertz CT molecular complexity index is 1140. The van der Waals surface area contributed by atoms with Crippen LogP contribution in [0.2, 0.25) is 5.28 Å². The molecular weight excluding hydrogens is 370 g/mol. The van der Waals surface area contributed by atoms with E-state index in [4.69, 9.17) is 21.3 Å². The standard InChI is InChI=1S/C23H22ClN3O/c1-15-11-16(2)22-20(12-15)27(23(24)26-22)13-19-21(10-9-17(3)25-19)28-14-18-7-5-4-6-8-18/h4-12H,13-14H2,1-3H3. The normalized spacial score (nSPS) is 11.1. The number of ether oxygens (including phenoxy) is 1. The first kappa shape index (κ1) is 18.5. The van der Waals surface area contributed by atoms with E-state index in [0.29, 0.717) is 18.4 Å². The van der Waals surface area contributed by atoms with Gasteiger partial charge in [-0.2, -0.15) is 0 Å². The summed E-state index contributed by atoms with van der Waals surface area (Å²) >= 11 is 6.49. The Morgan fingerprint density at radius 3 is 2.54 bits per heavy atom. The van der Waals surface area contributed by atoms with Gasteiger partial charge in [-0.1, -0.05) is 36.4 Å². The van der Waals surface area contributed by atoms with Crippen molar-refractivity contribution >= 4 is 22.6 Å². The lowest BCUT2D eigenvalue weighted by Gasteiger charge is -2.13. The highest BCUT2D eigenvalue weighted by Crippen LogP contribution is 2.27. The maximum absolute atomic E-state index is 6.49. The Morgan fingerprint density at radius 1 is 0.964 bits per heavy atom. The molecule has 2 aromatic carbocycles. The summed E-state index contributed by atoms with van der Waals surface area (Å²) in [6.07, 6.45) is 0. The second kappa shape index (κ2) is 7.64. The zero-order valence-electron chi connectivity index (χ0n) is 16.2. The van der Waals surface area contributed by atoms with Crippen LogP contribution in [0.25, 0.3) is 11.0 Å². The van der Waals surface area contributed by atoms with Gasteiger partial charge in [-0.25, -0.2) is 4.98 Å². The highest BCUT2D eigenvalue weighted by Gasteiger charge is 2.15. The molecule has 0 amide bonds. The molecule has 0 spiro atoms. The Hall–Kier alpha value is -2.85. The number of fused-ring (bicyclic) bond motifs is 1. The molecule has 0 atom stereocenters. The van der Waals surface area contributed by atoms with E-state index < -0.39 is 0 Å². The zero-order chi connectivity index (χ0) is 19.7. The van der Waals surface area contributed by atoms with Crippen LogP contribution in [0.4, 0.5) is 0 Å². The Kier molecular flexibility index (Phi) is 5.05. The number of imidazole rings is 1. The second-order valence-electron chi connectivity index (χ2n) is 7.09. The Morgan fingerprint density at radius 2 is 1.75 bits per heavy atom. The van der Waals surface area contributed by atoms with Crippen LogP contribution in [-0.4, -0.2) is 14.5 Å². The predicted molar refractivity (Wildman–Crippen MR) is 113 cm³/mol. The maximum atomic E-state index is 6.49. The molecule has 142 valence electrons. The number of aromatic nitrogens is 3. The van der Waals surface area contributed by atoms with Crippen molar-refractivity contribution in [2.75, 3.05) is 0 Å². The van der Waals surface area contributed by atoms with Crippen molar-refractivity contribution in [3.8, 4) is 5.75 Å². The third-order valence-corrected chi connectivity index (χ3v) is 5.05. The number of hydrogen-bond donors (Lipinski definition) is 0. The smallest absolute Gasteiger partial charge is 0.204 e. The van der Waals surface area contributed by atoms with Gasteiger partial charge in [0.1, 0.15) is 18.1 Å². The molecule has 0 bridgehead atoms. The summed E-state index contributed by atoms with van der Waals surface area (Å²) in [7, 11) is 0. The largest absolute Gasteiger partial charge is 0.487 e. The number of nitrogens with zero attached hydrogens (tertiary/aromatic N) is 3. The van der Waals surface area contributed by atoms with Gasteiger partial charge in [0.15, 0.2) is 0 Å². The van der Waals surface area contributed by atoms with Gasteiger partial charge in [0.2, 0.25) is 5.28 Å². The highest BCUT2D eigenvalue weighted by molar-refractivity contribution is 6.29. The number of pyridine rings is 1. The van der Waals surface area contributed by atoms with Gasteiger partial charge < -0.3 is 9.30 Å². The molecule has 0 aliphatic carbocycles. The predicted octanol–water partition coefficient (Wildman–Crippen LogP) is 5.64. The first-order chi connectivity index (χ1) is 13.5. The first-order valence-electron chi connectivity index (χ1n) is 9.27. The summed E-state index contributed by atoms with van der Waals surface area (Å²) in [6, 6.07) is 18.3. The number of halogens is 1. The van der Waals surface area contributed by atoms with E-state index in [0.717, 1.165) is 39.3 Å². The van der Waals surface area contributed by atoms with E-state index in [1.165, 1.54) is 5.56 Å². The average molecular weight is 392 g/mol. The van der Waals surface area contributed by atoms with Crippen molar-refractivity contribution in [2.24, 2.45) is 0 Å². The van der Waals surface area contributed by atoms with Crippen LogP contribution >= 0.6 is 11.6 Å². The van der Waals surface area contributed by atoms with Gasteiger partial charge in [0, 0.05) is 5.69 Å². The molecule has 0 saturated carbocycles. The molecule has 4 nitrogen and oxygen atoms in total. The molecule has 5 heteroatoms. The number of rotatable bonds is 5. The van der Waals surface area contributed by atoms with Gasteiger partial charge in [-0.05, 0) is 67.3 Å². The van der Waals surface area contributed by atoms with E-state index in [1.807, 2.05) is 54.0 Å². The molecule has 4 rings (SSSR count). The van der Waals surface area contributed by atoms with Gasteiger partial charge in [-0.15, -0.1) is 0 Å². The maximum Gasteiger partial charge on any atom is 0.204 e. The van der Waals surface area contributed by atoms with E-state index in [2.05, 4.69) is 31.0 Å². The van der Waals surface area contributed by atoms with Crippen molar-refractivity contribution in [1.82, 2.24) is 14.5 Å². The average Bonchev–Trinajstić information content (AvgIpc) is 2.98. The first-order valence-corrected chi connectivity index (χ1v) is 9.65. The number of hydrogen-bond acceptors (Lipinski definition) is 3. The third kappa shape index (κ3) is 3.73. The molecular formula is C23H22ClN3O. The third-order valence-electron chi connectivity index (χ3n) is 4.76. The van der Waals surface area contributed by atoms with Crippen molar-refractivity contribution < 1.29 is 4.74 Å². The minimum Gasteiger partial charge on any atom is -0.487 e. The number of aryl methyl sites for hydroxylation is 3. The molecule has 0 radical (unpaired) electrons. The van der Waals surface area contributed by atoms with Crippen LogP contribution in [0, 0.1) is 20.8 Å². The Balaban J connectivity index is 1.69. The number of benzene rings is 2. The monoisotopic (exact) mass is 391 g/mol. The molecule has 0 saturated heterocycles. The fraction of sp³-hybridized carbons (Fsp3) is 0.217. The molecule has 2 aromatic heterocycles. The minimum atomic E-state index is 0.459. The highest BCUT2D eigenvalue weighted by atomic mass is 35.5. The fourth-order valence-corrected chi connectivity index (χ4v) is 3.65. The van der Waals surface area contributed by atoms with Crippen molar-refractivity contribution in [2.45, 2.75) is 33.9 Å². The van der Waals surface area contributed by atoms with Crippen LogP contribution in [0.3, 0.4) is 0 Å². The van der Waals surface area contributed by atoms with E-state index in [9.17, 15) is 0 Å². The van der Waals surface area contributed by atoms with Crippen molar-refractivity contribution in [3.63, 3.8) is 0 Å². The van der Waals surface area contributed by atoms with Crippen molar-refractivity contribution in [3.05, 3.63) is 88.0 Å². The summed E-state index contributed by atoms with van der Waals surface area (Å²) in [5, 5.41) is 0.459. The van der Waals surface area contributed by atoms with Crippen LogP contribution in [0.15, 0.2) is 54.6 Å². The van der Waals surface area contributed by atoms with Crippen LogP contribution in [0.1, 0.15) is 28.1 Å². The fourth-order valence-electron chi connectivity index (χ4n) is 3.42. The SMILES string of the molecule is Cc1cc(C)c2nc(Cl)n(Cc3nc(C)ccc3OCc3ccccc3)c2c1. The van der Waals surface area contributed by atoms with Gasteiger partial charge in [0.25, 0.3) is 0 Å². The molecule has 0 fully saturated rings. The lowest BCUT2D eigenvalue weighted by molar-refractivity contribution is 0.300. The molecule has 2 heterocycles. The molecule has 0 unspecified atom stereocenters. The lowest BCUT2D eigenvalue weighted by Crippen LogP contribution is -2.07. The summed E-state index contributed by atoms with van der Waals surface area (Å²) < 4.78 is 8.08.